The van der Waals surface area contributed by atoms with E-state index in [-0.39, 0.29) is 0 Å². The van der Waals surface area contributed by atoms with E-state index in [1.54, 1.807) is 0 Å². The molecule has 13 heavy (non-hydrogen) atoms. The van der Waals surface area contributed by atoms with E-state index in [0.29, 0.717) is 0 Å². The van der Waals surface area contributed by atoms with Crippen molar-refractivity contribution >= 4 is 0 Å². The number of imidazole rings is 1. The van der Waals surface area contributed by atoms with Gasteiger partial charge in [-0.15, -0.1) is 0 Å². The van der Waals surface area contributed by atoms with Crippen LogP contribution in [0.15, 0.2) is 12.4 Å². The molecule has 0 spiro atoms. The number of aromatic amines is 1. The number of nitrogens with zero attached hydrogens (tertiary/aromatic N) is 1. The fourth-order valence-electron chi connectivity index (χ4n) is 2.25. The quantitative estimate of drug-likeness (QED) is 0.757. The first-order valence-electron chi connectivity index (χ1n) is 5.43. The summed E-state index contributed by atoms with van der Waals surface area (Å²) >= 11 is 0. The molecule has 1 aliphatic rings. The zero-order valence-corrected chi connectivity index (χ0v) is 8.13. The van der Waals surface area contributed by atoms with E-state index >= 15 is 0 Å². The summed E-state index contributed by atoms with van der Waals surface area (Å²) < 4.78 is 0. The fraction of sp³-hybridized carbons (Fsp3) is 0.727. The second-order valence-electron chi connectivity index (χ2n) is 4.08. The van der Waals surface area contributed by atoms with Crippen LogP contribution in [0.1, 0.15) is 44.3 Å². The molecule has 1 heterocycles. The highest BCUT2D eigenvalue weighted by atomic mass is 14.9. The predicted molar refractivity (Wildman–Crippen MR) is 53.5 cm³/mol. The molecule has 2 rings (SSSR count). The molecule has 2 nitrogen and oxygen atoms in total. The van der Waals surface area contributed by atoms with Crippen molar-refractivity contribution in [2.24, 2.45) is 5.92 Å². The van der Waals surface area contributed by atoms with Gasteiger partial charge in [0.25, 0.3) is 0 Å². The summed E-state index contributed by atoms with van der Waals surface area (Å²) in [5.74, 6) is 2.13. The molecule has 1 aromatic heterocycles. The number of H-pyrrole nitrogens is 1. The lowest BCUT2D eigenvalue weighted by Gasteiger charge is -2.20. The molecule has 0 amide bonds. The molecule has 1 saturated carbocycles. The number of aryl methyl sites for hydroxylation is 1. The van der Waals surface area contributed by atoms with E-state index < -0.39 is 0 Å². The Balaban J connectivity index is 1.72. The number of hydrogen-bond donors (Lipinski definition) is 1. The van der Waals surface area contributed by atoms with Crippen molar-refractivity contribution in [2.45, 2.75) is 44.9 Å². The topological polar surface area (TPSA) is 28.7 Å². The Kier molecular flexibility index (Phi) is 3.01. The van der Waals surface area contributed by atoms with Gasteiger partial charge in [-0.05, 0) is 12.3 Å². The number of aromatic nitrogens is 2. The SMILES string of the molecule is c1c[nH]c(CCC2CCCCC2)n1. The van der Waals surface area contributed by atoms with Gasteiger partial charge < -0.3 is 4.98 Å². The molecule has 1 N–H and O–H groups in total. The highest BCUT2D eigenvalue weighted by Crippen LogP contribution is 2.26. The summed E-state index contributed by atoms with van der Waals surface area (Å²) in [5, 5.41) is 0. The van der Waals surface area contributed by atoms with Gasteiger partial charge in [-0.2, -0.15) is 0 Å². The molecule has 2 heteroatoms. The molecule has 0 aromatic carbocycles. The highest BCUT2D eigenvalue weighted by molar-refractivity contribution is 4.87. The third kappa shape index (κ3) is 2.58. The van der Waals surface area contributed by atoms with E-state index in [4.69, 9.17) is 0 Å². The van der Waals surface area contributed by atoms with Gasteiger partial charge in [0.1, 0.15) is 5.82 Å². The second-order valence-corrected chi connectivity index (χ2v) is 4.08. The van der Waals surface area contributed by atoms with Crippen LogP contribution in [-0.2, 0) is 6.42 Å². The Bertz CT molecular complexity index is 222. The highest BCUT2D eigenvalue weighted by Gasteiger charge is 2.13. The van der Waals surface area contributed by atoms with Gasteiger partial charge in [0.15, 0.2) is 0 Å². The lowest BCUT2D eigenvalue weighted by atomic mass is 9.86. The first-order chi connectivity index (χ1) is 6.45. The van der Waals surface area contributed by atoms with E-state index in [9.17, 15) is 0 Å². The van der Waals surface area contributed by atoms with E-state index in [2.05, 4.69) is 9.97 Å². The molecule has 0 saturated heterocycles. The lowest BCUT2D eigenvalue weighted by Crippen LogP contribution is -2.07. The standard InChI is InChI=1S/C11H18N2/c1-2-4-10(5-3-1)6-7-11-12-8-9-13-11/h8-10H,1-7H2,(H,12,13). The number of hydrogen-bond acceptors (Lipinski definition) is 1. The molecule has 1 aliphatic carbocycles. The zero-order valence-electron chi connectivity index (χ0n) is 8.13. The van der Waals surface area contributed by atoms with Crippen LogP contribution in [-0.4, -0.2) is 9.97 Å². The Labute approximate surface area is 79.8 Å². The van der Waals surface area contributed by atoms with Crippen LogP contribution < -0.4 is 0 Å². The number of nitrogens with one attached hydrogen (secondary N) is 1. The van der Waals surface area contributed by atoms with Crippen molar-refractivity contribution in [3.8, 4) is 0 Å². The summed E-state index contributed by atoms with van der Waals surface area (Å²) in [6.45, 7) is 0. The minimum atomic E-state index is 0.971. The minimum absolute atomic E-state index is 0.971. The molecule has 72 valence electrons. The first-order valence-corrected chi connectivity index (χ1v) is 5.43. The molecular formula is C11H18N2. The predicted octanol–water partition coefficient (Wildman–Crippen LogP) is 2.92. The van der Waals surface area contributed by atoms with Gasteiger partial charge in [-0.1, -0.05) is 32.1 Å². The Morgan fingerprint density at radius 3 is 2.85 bits per heavy atom. The molecular weight excluding hydrogens is 160 g/mol. The lowest BCUT2D eigenvalue weighted by molar-refractivity contribution is 0.337. The van der Waals surface area contributed by atoms with Crippen molar-refractivity contribution < 1.29 is 0 Å². The third-order valence-electron chi connectivity index (χ3n) is 3.07. The van der Waals surface area contributed by atoms with Crippen LogP contribution in [0.3, 0.4) is 0 Å². The van der Waals surface area contributed by atoms with Crippen molar-refractivity contribution in [2.75, 3.05) is 0 Å². The van der Waals surface area contributed by atoms with Crippen molar-refractivity contribution in [3.63, 3.8) is 0 Å². The minimum Gasteiger partial charge on any atom is -0.349 e. The summed E-state index contributed by atoms with van der Waals surface area (Å²) in [7, 11) is 0. The average molecular weight is 178 g/mol. The van der Waals surface area contributed by atoms with Crippen LogP contribution in [0, 0.1) is 5.92 Å². The fourth-order valence-corrected chi connectivity index (χ4v) is 2.25. The van der Waals surface area contributed by atoms with E-state index in [1.807, 2.05) is 12.4 Å². The van der Waals surface area contributed by atoms with Gasteiger partial charge in [0, 0.05) is 18.8 Å². The van der Waals surface area contributed by atoms with Crippen LogP contribution in [0.2, 0.25) is 0 Å². The molecule has 0 unspecified atom stereocenters. The van der Waals surface area contributed by atoms with E-state index in [1.165, 1.54) is 38.5 Å². The second kappa shape index (κ2) is 4.45. The maximum absolute atomic E-state index is 4.25. The van der Waals surface area contributed by atoms with Gasteiger partial charge in [-0.25, -0.2) is 4.98 Å². The van der Waals surface area contributed by atoms with Gasteiger partial charge in [0.05, 0.1) is 0 Å². The summed E-state index contributed by atoms with van der Waals surface area (Å²) in [6.07, 6.45) is 13.5. The van der Waals surface area contributed by atoms with Crippen LogP contribution in [0.25, 0.3) is 0 Å². The largest absolute Gasteiger partial charge is 0.349 e. The van der Waals surface area contributed by atoms with E-state index in [0.717, 1.165) is 18.2 Å². The maximum atomic E-state index is 4.25. The van der Waals surface area contributed by atoms with Crippen LogP contribution in [0.4, 0.5) is 0 Å². The van der Waals surface area contributed by atoms with Gasteiger partial charge in [0.2, 0.25) is 0 Å². The monoisotopic (exact) mass is 178 g/mol. The molecule has 1 aromatic rings. The smallest absolute Gasteiger partial charge is 0.106 e. The molecule has 0 aliphatic heterocycles. The molecule has 0 radical (unpaired) electrons. The van der Waals surface area contributed by atoms with Crippen LogP contribution in [0.5, 0.6) is 0 Å². The summed E-state index contributed by atoms with van der Waals surface area (Å²) in [4.78, 5) is 7.41. The Morgan fingerprint density at radius 1 is 1.31 bits per heavy atom. The normalized spacial score (nSPS) is 19.1. The molecule has 0 atom stereocenters. The average Bonchev–Trinajstić information content (AvgIpc) is 2.69. The third-order valence-corrected chi connectivity index (χ3v) is 3.07. The Hall–Kier alpha value is -0.790. The van der Waals surface area contributed by atoms with Gasteiger partial charge in [-0.3, -0.25) is 0 Å². The van der Waals surface area contributed by atoms with Crippen molar-refractivity contribution in [3.05, 3.63) is 18.2 Å². The van der Waals surface area contributed by atoms with Crippen molar-refractivity contribution in [1.29, 1.82) is 0 Å². The summed E-state index contributed by atoms with van der Waals surface area (Å²) in [6, 6.07) is 0. The molecule has 0 bridgehead atoms. The van der Waals surface area contributed by atoms with Gasteiger partial charge >= 0.3 is 0 Å². The van der Waals surface area contributed by atoms with Crippen LogP contribution >= 0.6 is 0 Å². The Morgan fingerprint density at radius 2 is 2.15 bits per heavy atom. The van der Waals surface area contributed by atoms with Crippen molar-refractivity contribution in [1.82, 2.24) is 9.97 Å². The number of rotatable bonds is 3. The molecule has 1 fully saturated rings. The maximum Gasteiger partial charge on any atom is 0.106 e. The summed E-state index contributed by atoms with van der Waals surface area (Å²) in [5.41, 5.74) is 0. The zero-order chi connectivity index (χ0) is 8.93. The first kappa shape index (κ1) is 8.79.